The summed E-state index contributed by atoms with van der Waals surface area (Å²) in [6, 6.07) is 12.5. The van der Waals surface area contributed by atoms with Gasteiger partial charge in [0.05, 0.1) is 13.7 Å². The van der Waals surface area contributed by atoms with Gasteiger partial charge < -0.3 is 9.84 Å². The second kappa shape index (κ2) is 5.67. The lowest BCUT2D eigenvalue weighted by Crippen LogP contribution is -2.03. The van der Waals surface area contributed by atoms with Crippen LogP contribution >= 0.6 is 0 Å². The van der Waals surface area contributed by atoms with Gasteiger partial charge in [0.2, 0.25) is 0 Å². The highest BCUT2D eigenvalue weighted by molar-refractivity contribution is 6.09. The summed E-state index contributed by atoms with van der Waals surface area (Å²) in [4.78, 5) is 12.3. The molecular formula is C16H16O3. The summed E-state index contributed by atoms with van der Waals surface area (Å²) in [7, 11) is 1.52. The number of aliphatic hydroxyl groups is 1. The minimum absolute atomic E-state index is 0.0530. The van der Waals surface area contributed by atoms with Crippen molar-refractivity contribution >= 4 is 5.78 Å². The van der Waals surface area contributed by atoms with Crippen molar-refractivity contribution in [3.63, 3.8) is 0 Å². The van der Waals surface area contributed by atoms with E-state index in [1.54, 1.807) is 18.2 Å². The zero-order chi connectivity index (χ0) is 13.8. The second-order valence-corrected chi connectivity index (χ2v) is 4.38. The molecule has 3 nitrogen and oxygen atoms in total. The fourth-order valence-corrected chi connectivity index (χ4v) is 1.89. The topological polar surface area (TPSA) is 46.5 Å². The molecule has 0 unspecified atom stereocenters. The number of aryl methyl sites for hydroxylation is 1. The fourth-order valence-electron chi connectivity index (χ4n) is 1.89. The van der Waals surface area contributed by atoms with Crippen LogP contribution in [0.2, 0.25) is 0 Å². The van der Waals surface area contributed by atoms with Crippen LogP contribution in [0.5, 0.6) is 5.75 Å². The van der Waals surface area contributed by atoms with Gasteiger partial charge in [-0.2, -0.15) is 0 Å². The number of benzene rings is 2. The number of ether oxygens (including phenoxy) is 1. The molecule has 0 aromatic heterocycles. The average Bonchev–Trinajstić information content (AvgIpc) is 2.46. The third-order valence-electron chi connectivity index (χ3n) is 3.03. The molecule has 0 aliphatic heterocycles. The molecule has 2 aromatic carbocycles. The van der Waals surface area contributed by atoms with E-state index in [-0.39, 0.29) is 12.4 Å². The highest BCUT2D eigenvalue weighted by Gasteiger charge is 2.11. The Morgan fingerprint density at radius 3 is 2.32 bits per heavy atom. The second-order valence-electron chi connectivity index (χ2n) is 4.38. The Balaban J connectivity index is 2.36. The van der Waals surface area contributed by atoms with Crippen molar-refractivity contribution < 1.29 is 14.6 Å². The van der Waals surface area contributed by atoms with Gasteiger partial charge in [0.25, 0.3) is 0 Å². The number of rotatable bonds is 4. The summed E-state index contributed by atoms with van der Waals surface area (Å²) < 4.78 is 5.17. The highest BCUT2D eigenvalue weighted by Crippen LogP contribution is 2.22. The Hall–Kier alpha value is -2.13. The molecular weight excluding hydrogens is 240 g/mol. The van der Waals surface area contributed by atoms with Gasteiger partial charge in [0.15, 0.2) is 5.78 Å². The maximum atomic E-state index is 12.3. The first-order valence-electron chi connectivity index (χ1n) is 6.05. The largest absolute Gasteiger partial charge is 0.496 e. The normalized spacial score (nSPS) is 10.3. The van der Waals surface area contributed by atoms with Crippen LogP contribution in [0.3, 0.4) is 0 Å². The zero-order valence-corrected chi connectivity index (χ0v) is 11.0. The summed E-state index contributed by atoms with van der Waals surface area (Å²) in [5.74, 6) is 0.475. The number of hydrogen-bond acceptors (Lipinski definition) is 3. The van der Waals surface area contributed by atoms with E-state index in [9.17, 15) is 4.79 Å². The number of hydrogen-bond donors (Lipinski definition) is 1. The molecule has 3 heteroatoms. The maximum absolute atomic E-state index is 12.3. The summed E-state index contributed by atoms with van der Waals surface area (Å²) in [5.41, 5.74) is 2.98. The smallest absolute Gasteiger partial charge is 0.193 e. The quantitative estimate of drug-likeness (QED) is 0.855. The number of carbonyl (C=O) groups excluding carboxylic acids is 1. The minimum atomic E-state index is -0.109. The average molecular weight is 256 g/mol. The summed E-state index contributed by atoms with van der Waals surface area (Å²) >= 11 is 0. The van der Waals surface area contributed by atoms with Crippen LogP contribution in [0.15, 0.2) is 42.5 Å². The number of carbonyl (C=O) groups is 1. The lowest BCUT2D eigenvalue weighted by atomic mass is 10.0. The lowest BCUT2D eigenvalue weighted by molar-refractivity contribution is 0.103. The van der Waals surface area contributed by atoms with E-state index in [0.29, 0.717) is 22.4 Å². The van der Waals surface area contributed by atoms with Gasteiger partial charge in [-0.1, -0.05) is 42.0 Å². The predicted molar refractivity (Wildman–Crippen MR) is 73.5 cm³/mol. The number of methoxy groups -OCH3 is 1. The standard InChI is InChI=1S/C16H16O3/c1-11-3-5-12(6-4-11)16(18)13-7-8-14(10-17)15(9-13)19-2/h3-9,17H,10H2,1-2H3. The number of ketones is 1. The van der Waals surface area contributed by atoms with Crippen LogP contribution in [-0.4, -0.2) is 18.0 Å². The van der Waals surface area contributed by atoms with Crippen molar-refractivity contribution in [2.24, 2.45) is 0 Å². The van der Waals surface area contributed by atoms with Crippen LogP contribution in [0.4, 0.5) is 0 Å². The summed E-state index contributed by atoms with van der Waals surface area (Å²) in [6.45, 7) is 1.87. The summed E-state index contributed by atoms with van der Waals surface area (Å²) in [5, 5.41) is 9.16. The Morgan fingerprint density at radius 1 is 1.11 bits per heavy atom. The van der Waals surface area contributed by atoms with Gasteiger partial charge in [-0.15, -0.1) is 0 Å². The van der Waals surface area contributed by atoms with Crippen LogP contribution in [0.1, 0.15) is 27.0 Å². The van der Waals surface area contributed by atoms with E-state index in [0.717, 1.165) is 5.56 Å². The first-order chi connectivity index (χ1) is 9.15. The molecule has 0 saturated carbocycles. The van der Waals surface area contributed by atoms with E-state index in [1.807, 2.05) is 31.2 Å². The van der Waals surface area contributed by atoms with Crippen molar-refractivity contribution in [2.75, 3.05) is 7.11 Å². The van der Waals surface area contributed by atoms with E-state index < -0.39 is 0 Å². The molecule has 0 aliphatic rings. The Kier molecular flexibility index (Phi) is 3.97. The highest BCUT2D eigenvalue weighted by atomic mass is 16.5. The molecule has 0 aliphatic carbocycles. The predicted octanol–water partition coefficient (Wildman–Crippen LogP) is 2.73. The number of aliphatic hydroxyl groups excluding tert-OH is 1. The molecule has 0 atom stereocenters. The Morgan fingerprint density at radius 2 is 1.74 bits per heavy atom. The van der Waals surface area contributed by atoms with E-state index in [4.69, 9.17) is 9.84 Å². The van der Waals surface area contributed by atoms with Crippen molar-refractivity contribution in [2.45, 2.75) is 13.5 Å². The van der Waals surface area contributed by atoms with Gasteiger partial charge in [-0.3, -0.25) is 4.79 Å². The van der Waals surface area contributed by atoms with Gasteiger partial charge in [-0.25, -0.2) is 0 Å². The van der Waals surface area contributed by atoms with Gasteiger partial charge in [0, 0.05) is 16.7 Å². The molecule has 19 heavy (non-hydrogen) atoms. The van der Waals surface area contributed by atoms with Gasteiger partial charge in [-0.05, 0) is 13.0 Å². The van der Waals surface area contributed by atoms with Gasteiger partial charge >= 0.3 is 0 Å². The Bertz CT molecular complexity index is 585. The Labute approximate surface area is 112 Å². The molecule has 0 radical (unpaired) electrons. The molecule has 0 bridgehead atoms. The maximum Gasteiger partial charge on any atom is 0.193 e. The molecule has 2 rings (SSSR count). The SMILES string of the molecule is COc1cc(C(=O)c2ccc(C)cc2)ccc1CO. The monoisotopic (exact) mass is 256 g/mol. The van der Waals surface area contributed by atoms with Gasteiger partial charge in [0.1, 0.15) is 5.75 Å². The van der Waals surface area contributed by atoms with Crippen molar-refractivity contribution in [3.8, 4) is 5.75 Å². The minimum Gasteiger partial charge on any atom is -0.496 e. The first kappa shape index (κ1) is 13.3. The van der Waals surface area contributed by atoms with Crippen molar-refractivity contribution in [1.82, 2.24) is 0 Å². The van der Waals surface area contributed by atoms with Crippen molar-refractivity contribution in [1.29, 1.82) is 0 Å². The fraction of sp³-hybridized carbons (Fsp3) is 0.188. The molecule has 2 aromatic rings. The molecule has 1 N–H and O–H groups in total. The van der Waals surface area contributed by atoms with Crippen molar-refractivity contribution in [3.05, 3.63) is 64.7 Å². The lowest BCUT2D eigenvalue weighted by Gasteiger charge is -2.08. The van der Waals surface area contributed by atoms with Crippen LogP contribution < -0.4 is 4.74 Å². The van der Waals surface area contributed by atoms with Crippen LogP contribution in [0.25, 0.3) is 0 Å². The summed E-state index contributed by atoms with van der Waals surface area (Å²) in [6.07, 6.45) is 0. The molecule has 0 spiro atoms. The van der Waals surface area contributed by atoms with E-state index in [2.05, 4.69) is 0 Å². The first-order valence-corrected chi connectivity index (χ1v) is 6.05. The van der Waals surface area contributed by atoms with Crippen LogP contribution in [-0.2, 0) is 6.61 Å². The van der Waals surface area contributed by atoms with E-state index in [1.165, 1.54) is 7.11 Å². The molecule has 0 saturated heterocycles. The molecule has 0 fully saturated rings. The molecule has 98 valence electrons. The third-order valence-corrected chi connectivity index (χ3v) is 3.03. The zero-order valence-electron chi connectivity index (χ0n) is 11.0. The van der Waals surface area contributed by atoms with Crippen LogP contribution in [0, 0.1) is 6.92 Å². The third kappa shape index (κ3) is 2.83. The molecule has 0 heterocycles. The van der Waals surface area contributed by atoms with E-state index >= 15 is 0 Å². The molecule has 0 amide bonds.